The summed E-state index contributed by atoms with van der Waals surface area (Å²) < 4.78 is 25.4. The van der Waals surface area contributed by atoms with Gasteiger partial charge in [-0.1, -0.05) is 43.3 Å². The second-order valence-corrected chi connectivity index (χ2v) is 8.85. The molecule has 1 amide bonds. The molecule has 27 heavy (non-hydrogen) atoms. The maximum atomic E-state index is 12.9. The highest BCUT2D eigenvalue weighted by molar-refractivity contribution is 7.90. The zero-order chi connectivity index (χ0) is 19.6. The topological polar surface area (TPSA) is 91.8 Å². The van der Waals surface area contributed by atoms with Crippen LogP contribution < -0.4 is 0 Å². The zero-order valence-electron chi connectivity index (χ0n) is 14.9. The number of benzene rings is 2. The largest absolute Gasteiger partial charge is 0.481 e. The molecule has 1 aliphatic heterocycles. The Hall–Kier alpha value is -2.67. The first-order chi connectivity index (χ1) is 12.8. The first-order valence-corrected chi connectivity index (χ1v) is 10.3. The van der Waals surface area contributed by atoms with Crippen molar-refractivity contribution in [1.29, 1.82) is 0 Å². The van der Waals surface area contributed by atoms with Crippen LogP contribution in [0.1, 0.15) is 22.8 Å². The molecule has 1 heterocycles. The van der Waals surface area contributed by atoms with Gasteiger partial charge in [-0.15, -0.1) is 0 Å². The lowest BCUT2D eigenvalue weighted by molar-refractivity contribution is -0.142. The van der Waals surface area contributed by atoms with E-state index in [1.807, 2.05) is 0 Å². The summed E-state index contributed by atoms with van der Waals surface area (Å²) in [4.78, 5) is 26.0. The Labute approximate surface area is 158 Å². The molecule has 0 aromatic heterocycles. The van der Waals surface area contributed by atoms with Gasteiger partial charge in [0, 0.05) is 18.7 Å². The number of carbonyl (C=O) groups excluding carboxylic acids is 1. The first-order valence-electron chi connectivity index (χ1n) is 8.67. The molecule has 2 aromatic carbocycles. The average Bonchev–Trinajstić information content (AvgIpc) is 3.04. The van der Waals surface area contributed by atoms with Crippen LogP contribution in [0.3, 0.4) is 0 Å². The predicted molar refractivity (Wildman–Crippen MR) is 100.0 cm³/mol. The molecule has 1 fully saturated rings. The maximum absolute atomic E-state index is 12.9. The summed E-state index contributed by atoms with van der Waals surface area (Å²) in [6, 6.07) is 14.7. The Morgan fingerprint density at radius 3 is 2.30 bits per heavy atom. The SMILES string of the molecule is C[C@@H]1CN(C(=O)c2ccccc2CS(=O)(=O)c2ccccc2)C[C@H]1C(=O)O. The van der Waals surface area contributed by atoms with Gasteiger partial charge in [0.1, 0.15) is 0 Å². The Bertz CT molecular complexity index is 955. The van der Waals surface area contributed by atoms with Gasteiger partial charge in [0.05, 0.1) is 16.6 Å². The normalized spacial score (nSPS) is 19.8. The molecule has 0 saturated carbocycles. The molecule has 6 nitrogen and oxygen atoms in total. The molecule has 7 heteroatoms. The van der Waals surface area contributed by atoms with Crippen molar-refractivity contribution in [2.75, 3.05) is 13.1 Å². The summed E-state index contributed by atoms with van der Waals surface area (Å²) in [6.07, 6.45) is 0. The zero-order valence-corrected chi connectivity index (χ0v) is 15.7. The van der Waals surface area contributed by atoms with Crippen LogP contribution in [0.2, 0.25) is 0 Å². The Morgan fingerprint density at radius 1 is 1.04 bits per heavy atom. The van der Waals surface area contributed by atoms with E-state index in [2.05, 4.69) is 0 Å². The average molecular weight is 387 g/mol. The summed E-state index contributed by atoms with van der Waals surface area (Å²) >= 11 is 0. The number of sulfone groups is 1. The highest BCUT2D eigenvalue weighted by Crippen LogP contribution is 2.26. The van der Waals surface area contributed by atoms with Crippen molar-refractivity contribution in [3.63, 3.8) is 0 Å². The van der Waals surface area contributed by atoms with Crippen molar-refractivity contribution in [2.24, 2.45) is 11.8 Å². The van der Waals surface area contributed by atoms with E-state index in [1.165, 1.54) is 17.0 Å². The lowest BCUT2D eigenvalue weighted by Crippen LogP contribution is -2.30. The highest BCUT2D eigenvalue weighted by Gasteiger charge is 2.37. The molecule has 0 bridgehead atoms. The van der Waals surface area contributed by atoms with Gasteiger partial charge < -0.3 is 10.0 Å². The van der Waals surface area contributed by atoms with Crippen LogP contribution in [0.4, 0.5) is 0 Å². The number of nitrogens with zero attached hydrogens (tertiary/aromatic N) is 1. The Kier molecular flexibility index (Phi) is 5.32. The summed E-state index contributed by atoms with van der Waals surface area (Å²) in [6.45, 7) is 2.28. The van der Waals surface area contributed by atoms with Gasteiger partial charge in [0.15, 0.2) is 9.84 Å². The van der Waals surface area contributed by atoms with Crippen molar-refractivity contribution in [3.8, 4) is 0 Å². The number of carboxylic acid groups (broad SMARTS) is 1. The third-order valence-corrected chi connectivity index (χ3v) is 6.59. The van der Waals surface area contributed by atoms with Crippen LogP contribution in [-0.2, 0) is 20.4 Å². The molecule has 0 aliphatic carbocycles. The molecular formula is C20H21NO5S. The van der Waals surface area contributed by atoms with E-state index in [-0.39, 0.29) is 29.0 Å². The number of likely N-dealkylation sites (tertiary alicyclic amines) is 1. The second kappa shape index (κ2) is 7.52. The highest BCUT2D eigenvalue weighted by atomic mass is 32.2. The van der Waals surface area contributed by atoms with Crippen molar-refractivity contribution in [1.82, 2.24) is 4.90 Å². The van der Waals surface area contributed by atoms with Crippen LogP contribution in [0.5, 0.6) is 0 Å². The molecular weight excluding hydrogens is 366 g/mol. The van der Waals surface area contributed by atoms with Crippen LogP contribution >= 0.6 is 0 Å². The van der Waals surface area contributed by atoms with Crippen molar-refractivity contribution in [3.05, 3.63) is 65.7 Å². The first kappa shape index (κ1) is 19.1. The smallest absolute Gasteiger partial charge is 0.308 e. The number of rotatable bonds is 5. The van der Waals surface area contributed by atoms with Crippen molar-refractivity contribution in [2.45, 2.75) is 17.6 Å². The maximum Gasteiger partial charge on any atom is 0.308 e. The minimum atomic E-state index is -3.59. The molecule has 3 rings (SSSR count). The van der Waals surface area contributed by atoms with Crippen LogP contribution in [0.25, 0.3) is 0 Å². The quantitative estimate of drug-likeness (QED) is 0.851. The molecule has 142 valence electrons. The molecule has 2 aromatic rings. The van der Waals surface area contributed by atoms with Gasteiger partial charge >= 0.3 is 5.97 Å². The van der Waals surface area contributed by atoms with Crippen molar-refractivity contribution >= 4 is 21.7 Å². The number of carbonyl (C=O) groups is 2. The monoisotopic (exact) mass is 387 g/mol. The number of amides is 1. The van der Waals surface area contributed by atoms with Crippen LogP contribution in [0.15, 0.2) is 59.5 Å². The van der Waals surface area contributed by atoms with Gasteiger partial charge in [-0.25, -0.2) is 8.42 Å². The minimum Gasteiger partial charge on any atom is -0.481 e. The molecule has 0 unspecified atom stereocenters. The number of hydrogen-bond donors (Lipinski definition) is 1. The molecule has 1 N–H and O–H groups in total. The van der Waals surface area contributed by atoms with E-state index < -0.39 is 21.7 Å². The molecule has 1 aliphatic rings. The fourth-order valence-corrected chi connectivity index (χ4v) is 4.79. The minimum absolute atomic E-state index is 0.134. The third kappa shape index (κ3) is 4.03. The fourth-order valence-electron chi connectivity index (χ4n) is 3.40. The molecule has 1 saturated heterocycles. The van der Waals surface area contributed by atoms with Gasteiger partial charge in [0.25, 0.3) is 5.91 Å². The Balaban J connectivity index is 1.87. The van der Waals surface area contributed by atoms with E-state index in [0.29, 0.717) is 17.7 Å². The molecule has 2 atom stereocenters. The third-order valence-electron chi connectivity index (χ3n) is 4.91. The van der Waals surface area contributed by atoms with Gasteiger partial charge in [-0.3, -0.25) is 9.59 Å². The van der Waals surface area contributed by atoms with Gasteiger partial charge in [-0.05, 0) is 29.7 Å². The van der Waals surface area contributed by atoms with E-state index in [0.717, 1.165) is 0 Å². The van der Waals surface area contributed by atoms with E-state index in [1.54, 1.807) is 49.4 Å². The summed E-state index contributed by atoms with van der Waals surface area (Å²) in [5, 5.41) is 9.27. The summed E-state index contributed by atoms with van der Waals surface area (Å²) in [5.74, 6) is -2.28. The standard InChI is InChI=1S/C20H21NO5S/c1-14-11-21(12-18(14)20(23)24)19(22)17-10-6-5-7-15(17)13-27(25,26)16-8-3-2-4-9-16/h2-10,14,18H,11-13H2,1H3,(H,23,24)/t14-,18-/m1/s1. The van der Waals surface area contributed by atoms with E-state index >= 15 is 0 Å². The van der Waals surface area contributed by atoms with E-state index in [4.69, 9.17) is 0 Å². The molecule has 0 spiro atoms. The number of aliphatic carboxylic acids is 1. The summed E-state index contributed by atoms with van der Waals surface area (Å²) in [5.41, 5.74) is 0.716. The van der Waals surface area contributed by atoms with Crippen molar-refractivity contribution < 1.29 is 23.1 Å². The second-order valence-electron chi connectivity index (χ2n) is 6.86. The lowest BCUT2D eigenvalue weighted by Gasteiger charge is -2.18. The van der Waals surface area contributed by atoms with Gasteiger partial charge in [0.2, 0.25) is 0 Å². The number of hydrogen-bond acceptors (Lipinski definition) is 4. The predicted octanol–water partition coefficient (Wildman–Crippen LogP) is 2.45. The van der Waals surface area contributed by atoms with Gasteiger partial charge in [-0.2, -0.15) is 0 Å². The van der Waals surface area contributed by atoms with E-state index in [9.17, 15) is 23.1 Å². The number of carboxylic acids is 1. The van der Waals surface area contributed by atoms with Crippen LogP contribution in [0, 0.1) is 11.8 Å². The summed E-state index contributed by atoms with van der Waals surface area (Å²) in [7, 11) is -3.59. The lowest BCUT2D eigenvalue weighted by atomic mass is 9.99. The van der Waals surface area contributed by atoms with Crippen LogP contribution in [-0.4, -0.2) is 43.4 Å². The Morgan fingerprint density at radius 2 is 1.67 bits per heavy atom. The molecule has 0 radical (unpaired) electrons. The fraction of sp³-hybridized carbons (Fsp3) is 0.300.